The molecule has 0 aliphatic carbocycles. The summed E-state index contributed by atoms with van der Waals surface area (Å²) in [5, 5.41) is 17.1. The van der Waals surface area contributed by atoms with E-state index in [1.807, 2.05) is 32.0 Å². The number of hydrogen-bond acceptors (Lipinski definition) is 6. The predicted octanol–water partition coefficient (Wildman–Crippen LogP) is 3.84. The van der Waals surface area contributed by atoms with E-state index in [4.69, 9.17) is 18.9 Å². The summed E-state index contributed by atoms with van der Waals surface area (Å²) in [7, 11) is 4.74. The van der Waals surface area contributed by atoms with Gasteiger partial charge in [0.1, 0.15) is 17.6 Å². The van der Waals surface area contributed by atoms with Gasteiger partial charge >= 0.3 is 0 Å². The molecule has 3 N–H and O–H groups in total. The van der Waals surface area contributed by atoms with E-state index in [9.17, 15) is 5.11 Å². The Kier molecular flexibility index (Phi) is 11.9. The molecule has 2 aromatic carbocycles. The zero-order valence-electron chi connectivity index (χ0n) is 18.6. The van der Waals surface area contributed by atoms with Crippen molar-refractivity contribution in [2.24, 2.45) is 4.99 Å². The molecule has 2 aromatic rings. The Hall–Kier alpha value is -2.40. The van der Waals surface area contributed by atoms with Crippen LogP contribution in [0.15, 0.2) is 41.4 Å². The van der Waals surface area contributed by atoms with E-state index in [0.717, 1.165) is 5.69 Å². The normalized spacial score (nSPS) is 11.7. The lowest BCUT2D eigenvalue weighted by atomic mass is 10.1. The molecule has 0 radical (unpaired) electrons. The maximum Gasteiger partial charge on any atom is 0.195 e. The van der Waals surface area contributed by atoms with Gasteiger partial charge in [0.2, 0.25) is 0 Å². The molecule has 1 atom stereocenters. The van der Waals surface area contributed by atoms with Crippen molar-refractivity contribution in [3.05, 3.63) is 42.0 Å². The lowest BCUT2D eigenvalue weighted by Gasteiger charge is -2.17. The molecule has 9 heteroatoms. The standard InChI is InChI=1S/C22H31N3O5.HI/c1-6-23-22(25-15-8-10-20(30-7-2)21(12-15)29-5)24-14-18(26)17-13-16(27-3)9-11-19(17)28-4;/h8-13,18,26H,6-7,14H2,1-5H3,(H2,23,24,25);1H. The van der Waals surface area contributed by atoms with Crippen molar-refractivity contribution in [3.63, 3.8) is 0 Å². The maximum atomic E-state index is 10.7. The van der Waals surface area contributed by atoms with Crippen LogP contribution in [0.25, 0.3) is 0 Å². The lowest BCUT2D eigenvalue weighted by Crippen LogP contribution is -2.31. The zero-order chi connectivity index (χ0) is 21.9. The Bertz CT molecular complexity index is 848. The SMILES string of the molecule is CCNC(=NCC(O)c1cc(OC)ccc1OC)Nc1ccc(OCC)c(OC)c1.I. The smallest absolute Gasteiger partial charge is 0.195 e. The van der Waals surface area contributed by atoms with Crippen molar-refractivity contribution in [1.29, 1.82) is 0 Å². The van der Waals surface area contributed by atoms with Gasteiger partial charge in [-0.3, -0.25) is 0 Å². The molecule has 0 saturated carbocycles. The van der Waals surface area contributed by atoms with Gasteiger partial charge in [0.05, 0.1) is 34.5 Å². The molecule has 31 heavy (non-hydrogen) atoms. The molecule has 0 aliphatic heterocycles. The van der Waals surface area contributed by atoms with E-state index in [2.05, 4.69) is 15.6 Å². The van der Waals surface area contributed by atoms with Crippen molar-refractivity contribution in [3.8, 4) is 23.0 Å². The fourth-order valence-corrected chi connectivity index (χ4v) is 2.84. The van der Waals surface area contributed by atoms with Gasteiger partial charge in [-0.15, -0.1) is 24.0 Å². The van der Waals surface area contributed by atoms with Gasteiger partial charge in [0.15, 0.2) is 17.5 Å². The summed E-state index contributed by atoms with van der Waals surface area (Å²) in [5.41, 5.74) is 1.39. The number of anilines is 1. The molecule has 0 spiro atoms. The van der Waals surface area contributed by atoms with Crippen LogP contribution in [0, 0.1) is 0 Å². The van der Waals surface area contributed by atoms with Crippen LogP contribution >= 0.6 is 24.0 Å². The van der Waals surface area contributed by atoms with E-state index >= 15 is 0 Å². The minimum absolute atomic E-state index is 0. The van der Waals surface area contributed by atoms with Crippen LogP contribution < -0.4 is 29.6 Å². The highest BCUT2D eigenvalue weighted by Gasteiger charge is 2.15. The van der Waals surface area contributed by atoms with Crippen molar-refractivity contribution < 1.29 is 24.1 Å². The van der Waals surface area contributed by atoms with Gasteiger partial charge in [-0.25, -0.2) is 4.99 Å². The fourth-order valence-electron chi connectivity index (χ4n) is 2.84. The first-order valence-corrected chi connectivity index (χ1v) is 9.82. The molecule has 1 unspecified atom stereocenters. The van der Waals surface area contributed by atoms with Crippen LogP contribution in [0.3, 0.4) is 0 Å². The second-order valence-electron chi connectivity index (χ2n) is 6.27. The molecule has 2 rings (SSSR count). The molecule has 0 aromatic heterocycles. The highest BCUT2D eigenvalue weighted by atomic mass is 127. The highest BCUT2D eigenvalue weighted by molar-refractivity contribution is 14.0. The first-order valence-electron chi connectivity index (χ1n) is 9.82. The number of halogens is 1. The molecule has 172 valence electrons. The Morgan fingerprint density at radius 3 is 2.29 bits per heavy atom. The van der Waals surface area contributed by atoms with E-state index in [0.29, 0.717) is 47.7 Å². The second-order valence-corrected chi connectivity index (χ2v) is 6.27. The highest BCUT2D eigenvalue weighted by Crippen LogP contribution is 2.31. The predicted molar refractivity (Wildman–Crippen MR) is 134 cm³/mol. The first-order chi connectivity index (χ1) is 14.6. The van der Waals surface area contributed by atoms with Crippen molar-refractivity contribution in [1.82, 2.24) is 5.32 Å². The van der Waals surface area contributed by atoms with Gasteiger partial charge in [-0.05, 0) is 44.2 Å². The third-order valence-corrected chi connectivity index (χ3v) is 4.29. The van der Waals surface area contributed by atoms with Crippen LogP contribution in [0.2, 0.25) is 0 Å². The molecule has 8 nitrogen and oxygen atoms in total. The van der Waals surface area contributed by atoms with E-state index in [1.54, 1.807) is 39.5 Å². The van der Waals surface area contributed by atoms with Crippen LogP contribution in [0.4, 0.5) is 5.69 Å². The van der Waals surface area contributed by atoms with E-state index < -0.39 is 6.10 Å². The molecular weight excluding hydrogens is 513 g/mol. The fraction of sp³-hybridized carbons (Fsp3) is 0.409. The number of nitrogens with zero attached hydrogens (tertiary/aromatic N) is 1. The van der Waals surface area contributed by atoms with Crippen molar-refractivity contribution >= 4 is 35.6 Å². The number of aliphatic hydroxyl groups is 1. The summed E-state index contributed by atoms with van der Waals surface area (Å²) in [6, 6.07) is 10.8. The molecule has 0 heterocycles. The van der Waals surface area contributed by atoms with Crippen LogP contribution in [-0.2, 0) is 0 Å². The topological polar surface area (TPSA) is 93.6 Å². The zero-order valence-corrected chi connectivity index (χ0v) is 20.9. The van der Waals surface area contributed by atoms with Gasteiger partial charge < -0.3 is 34.7 Å². The van der Waals surface area contributed by atoms with Crippen LogP contribution in [-0.4, -0.2) is 52.1 Å². The van der Waals surface area contributed by atoms with E-state index in [-0.39, 0.29) is 30.5 Å². The molecular formula is C22H32IN3O5. The number of hydrogen-bond donors (Lipinski definition) is 3. The van der Waals surface area contributed by atoms with Crippen LogP contribution in [0.1, 0.15) is 25.5 Å². The number of methoxy groups -OCH3 is 3. The number of aliphatic hydroxyl groups excluding tert-OH is 1. The number of nitrogens with one attached hydrogen (secondary N) is 2. The Labute approximate surface area is 201 Å². The summed E-state index contributed by atoms with van der Waals surface area (Å²) in [6.45, 7) is 5.24. The third kappa shape index (κ3) is 7.66. The molecule has 0 bridgehead atoms. The van der Waals surface area contributed by atoms with Crippen molar-refractivity contribution in [2.75, 3.05) is 46.3 Å². The Balaban J connectivity index is 0.00000480. The Morgan fingerprint density at radius 2 is 1.68 bits per heavy atom. The number of guanidine groups is 1. The van der Waals surface area contributed by atoms with Gasteiger partial charge in [0, 0.05) is 23.9 Å². The minimum Gasteiger partial charge on any atom is -0.497 e. The molecule has 0 saturated heterocycles. The monoisotopic (exact) mass is 545 g/mol. The average molecular weight is 545 g/mol. The number of benzene rings is 2. The largest absolute Gasteiger partial charge is 0.497 e. The minimum atomic E-state index is -0.861. The summed E-state index contributed by atoms with van der Waals surface area (Å²) in [4.78, 5) is 4.51. The summed E-state index contributed by atoms with van der Waals surface area (Å²) >= 11 is 0. The molecule has 0 aliphatic rings. The summed E-state index contributed by atoms with van der Waals surface area (Å²) in [5.74, 6) is 3.05. The summed E-state index contributed by atoms with van der Waals surface area (Å²) in [6.07, 6.45) is -0.861. The van der Waals surface area contributed by atoms with Gasteiger partial charge in [-0.2, -0.15) is 0 Å². The first kappa shape index (κ1) is 26.6. The lowest BCUT2D eigenvalue weighted by molar-refractivity contribution is 0.182. The second kappa shape index (κ2) is 13.8. The Morgan fingerprint density at radius 1 is 0.968 bits per heavy atom. The average Bonchev–Trinajstić information content (AvgIpc) is 2.77. The van der Waals surface area contributed by atoms with Gasteiger partial charge in [0.25, 0.3) is 0 Å². The van der Waals surface area contributed by atoms with Gasteiger partial charge in [-0.1, -0.05) is 0 Å². The molecule has 0 fully saturated rings. The number of rotatable bonds is 10. The maximum absolute atomic E-state index is 10.7. The summed E-state index contributed by atoms with van der Waals surface area (Å²) < 4.78 is 21.5. The van der Waals surface area contributed by atoms with Crippen molar-refractivity contribution in [2.45, 2.75) is 20.0 Å². The van der Waals surface area contributed by atoms with Crippen LogP contribution in [0.5, 0.6) is 23.0 Å². The quantitative estimate of drug-likeness (QED) is 0.237. The number of aliphatic imine (C=N–C) groups is 1. The third-order valence-electron chi connectivity index (χ3n) is 4.29. The molecule has 0 amide bonds. The number of ether oxygens (including phenoxy) is 4. The van der Waals surface area contributed by atoms with E-state index in [1.165, 1.54) is 0 Å².